The predicted octanol–water partition coefficient (Wildman–Crippen LogP) is 1.86. The van der Waals surface area contributed by atoms with Gasteiger partial charge in [0, 0.05) is 19.2 Å². The van der Waals surface area contributed by atoms with Crippen LogP contribution in [0, 0.1) is 6.92 Å². The maximum atomic E-state index is 14.1. The van der Waals surface area contributed by atoms with Gasteiger partial charge in [0.1, 0.15) is 5.69 Å². The number of carbonyl (C=O) groups is 2. The molecule has 1 N–H and O–H groups in total. The largest absolute Gasteiger partial charge is 0.347 e. The summed E-state index contributed by atoms with van der Waals surface area (Å²) in [4.78, 5) is 34.2. The lowest BCUT2D eigenvalue weighted by molar-refractivity contribution is 0.0116. The van der Waals surface area contributed by atoms with E-state index in [2.05, 4.69) is 25.6 Å². The lowest BCUT2D eigenvalue weighted by Crippen LogP contribution is -2.39. The number of hydrogen-bond donors (Lipinski definition) is 1. The fourth-order valence-electron chi connectivity index (χ4n) is 3.53. The van der Waals surface area contributed by atoms with Crippen LogP contribution in [-0.2, 0) is 13.1 Å². The van der Waals surface area contributed by atoms with Crippen LogP contribution < -0.4 is 5.32 Å². The highest BCUT2D eigenvalue weighted by Gasteiger charge is 2.47. The van der Waals surface area contributed by atoms with Gasteiger partial charge in [-0.25, -0.2) is 18.4 Å². The number of alkyl halides is 2. The molecule has 1 aliphatic rings. The van der Waals surface area contributed by atoms with Crippen molar-refractivity contribution in [2.75, 3.05) is 6.54 Å². The Bertz CT molecular complexity index is 1100. The van der Waals surface area contributed by atoms with E-state index < -0.39 is 36.7 Å². The number of amides is 2. The third-order valence-electron chi connectivity index (χ3n) is 5.10. The average molecular weight is 441 g/mol. The van der Waals surface area contributed by atoms with Gasteiger partial charge in [-0.1, -0.05) is 35.5 Å². The Labute approximate surface area is 182 Å². The van der Waals surface area contributed by atoms with Crippen LogP contribution in [0.2, 0.25) is 0 Å². The molecule has 2 amide bonds. The molecule has 0 saturated carbocycles. The first kappa shape index (κ1) is 21.5. The van der Waals surface area contributed by atoms with Gasteiger partial charge in [-0.05, 0) is 12.5 Å². The van der Waals surface area contributed by atoms with Crippen molar-refractivity contribution in [3.8, 4) is 0 Å². The van der Waals surface area contributed by atoms with Gasteiger partial charge in [0.05, 0.1) is 37.2 Å². The lowest BCUT2D eigenvalue weighted by Gasteiger charge is -2.23. The summed E-state index contributed by atoms with van der Waals surface area (Å²) in [6.07, 6.45) is 3.54. The summed E-state index contributed by atoms with van der Waals surface area (Å²) in [7, 11) is 0. The zero-order chi connectivity index (χ0) is 22.7. The van der Waals surface area contributed by atoms with E-state index in [1.807, 2.05) is 30.3 Å². The molecule has 2 aromatic heterocycles. The molecule has 166 valence electrons. The van der Waals surface area contributed by atoms with Crippen LogP contribution in [0.1, 0.15) is 38.7 Å². The van der Waals surface area contributed by atoms with E-state index in [9.17, 15) is 18.4 Å². The molecule has 1 fully saturated rings. The normalized spacial score (nSPS) is 17.3. The monoisotopic (exact) mass is 441 g/mol. The fraction of sp³-hybridized carbons (Fsp3) is 0.333. The maximum Gasteiger partial charge on any atom is 0.274 e. The highest BCUT2D eigenvalue weighted by molar-refractivity contribution is 5.92. The van der Waals surface area contributed by atoms with Crippen molar-refractivity contribution in [2.24, 2.45) is 0 Å². The Kier molecular flexibility index (Phi) is 5.89. The molecule has 1 aromatic carbocycles. The quantitative estimate of drug-likeness (QED) is 0.626. The molecule has 11 heteroatoms. The van der Waals surface area contributed by atoms with Crippen LogP contribution in [0.5, 0.6) is 0 Å². The number of nitrogens with zero attached hydrogens (tertiary/aromatic N) is 6. The van der Waals surface area contributed by atoms with E-state index in [-0.39, 0.29) is 17.9 Å². The molecule has 4 rings (SSSR count). The number of nitrogens with one attached hydrogen (secondary N) is 1. The summed E-state index contributed by atoms with van der Waals surface area (Å²) in [5.74, 6) is -4.09. The highest BCUT2D eigenvalue weighted by atomic mass is 19.3. The SMILES string of the molecule is Cc1cnc(C(=O)N2CC(F)(F)CC2Cn2cc(C(=O)NCc3ccccc3)nn2)cn1. The average Bonchev–Trinajstić information content (AvgIpc) is 3.36. The molecule has 3 aromatic rings. The van der Waals surface area contributed by atoms with E-state index in [1.54, 1.807) is 6.92 Å². The number of rotatable bonds is 6. The van der Waals surface area contributed by atoms with Gasteiger partial charge in [-0.3, -0.25) is 14.6 Å². The van der Waals surface area contributed by atoms with E-state index >= 15 is 0 Å². The molecule has 0 bridgehead atoms. The highest BCUT2D eigenvalue weighted by Crippen LogP contribution is 2.33. The molecule has 0 aliphatic carbocycles. The number of likely N-dealkylation sites (tertiary alicyclic amines) is 1. The Morgan fingerprint density at radius 3 is 2.66 bits per heavy atom. The summed E-state index contributed by atoms with van der Waals surface area (Å²) in [6.45, 7) is 1.29. The maximum absolute atomic E-state index is 14.1. The molecular weight excluding hydrogens is 420 g/mol. The number of benzene rings is 1. The Balaban J connectivity index is 1.43. The number of halogens is 2. The molecular formula is C21H21F2N7O2. The molecule has 1 unspecified atom stereocenters. The van der Waals surface area contributed by atoms with E-state index in [0.717, 1.165) is 10.5 Å². The molecule has 9 nitrogen and oxygen atoms in total. The van der Waals surface area contributed by atoms with Gasteiger partial charge in [0.15, 0.2) is 5.69 Å². The van der Waals surface area contributed by atoms with Crippen molar-refractivity contribution in [3.05, 3.63) is 71.6 Å². The second kappa shape index (κ2) is 8.77. The first-order chi connectivity index (χ1) is 15.3. The van der Waals surface area contributed by atoms with Crippen LogP contribution >= 0.6 is 0 Å². The van der Waals surface area contributed by atoms with Crippen LogP contribution in [0.15, 0.2) is 48.9 Å². The second-order valence-electron chi connectivity index (χ2n) is 7.68. The van der Waals surface area contributed by atoms with Gasteiger partial charge in [0.25, 0.3) is 17.7 Å². The molecule has 1 atom stereocenters. The minimum atomic E-state index is -3.03. The van der Waals surface area contributed by atoms with Gasteiger partial charge >= 0.3 is 0 Å². The van der Waals surface area contributed by atoms with Gasteiger partial charge in [0.2, 0.25) is 0 Å². The molecule has 1 aliphatic heterocycles. The Hall–Kier alpha value is -3.76. The zero-order valence-corrected chi connectivity index (χ0v) is 17.3. The second-order valence-corrected chi connectivity index (χ2v) is 7.68. The van der Waals surface area contributed by atoms with Crippen molar-refractivity contribution in [2.45, 2.75) is 38.4 Å². The minimum Gasteiger partial charge on any atom is -0.347 e. The topological polar surface area (TPSA) is 106 Å². The summed E-state index contributed by atoms with van der Waals surface area (Å²) >= 11 is 0. The summed E-state index contributed by atoms with van der Waals surface area (Å²) in [5.41, 5.74) is 1.60. The van der Waals surface area contributed by atoms with Gasteiger partial charge in [-0.2, -0.15) is 0 Å². The zero-order valence-electron chi connectivity index (χ0n) is 17.3. The van der Waals surface area contributed by atoms with Crippen LogP contribution in [-0.4, -0.2) is 60.2 Å². The third-order valence-corrected chi connectivity index (χ3v) is 5.10. The van der Waals surface area contributed by atoms with E-state index in [1.165, 1.54) is 23.3 Å². The first-order valence-electron chi connectivity index (χ1n) is 10.0. The summed E-state index contributed by atoms with van der Waals surface area (Å²) in [5, 5.41) is 10.4. The number of hydrogen-bond acceptors (Lipinski definition) is 6. The Morgan fingerprint density at radius 2 is 1.94 bits per heavy atom. The van der Waals surface area contributed by atoms with Crippen molar-refractivity contribution >= 4 is 11.8 Å². The minimum absolute atomic E-state index is 0.00197. The van der Waals surface area contributed by atoms with E-state index in [4.69, 9.17) is 0 Å². The number of aromatic nitrogens is 5. The van der Waals surface area contributed by atoms with Gasteiger partial charge < -0.3 is 10.2 Å². The fourth-order valence-corrected chi connectivity index (χ4v) is 3.53. The molecule has 0 radical (unpaired) electrons. The summed E-state index contributed by atoms with van der Waals surface area (Å²) < 4.78 is 29.6. The molecule has 0 spiro atoms. The van der Waals surface area contributed by atoms with Gasteiger partial charge in [-0.15, -0.1) is 5.10 Å². The van der Waals surface area contributed by atoms with Crippen molar-refractivity contribution < 1.29 is 18.4 Å². The summed E-state index contributed by atoms with van der Waals surface area (Å²) in [6, 6.07) is 8.53. The van der Waals surface area contributed by atoms with Crippen LogP contribution in [0.3, 0.4) is 0 Å². The molecule has 1 saturated heterocycles. The van der Waals surface area contributed by atoms with Crippen LogP contribution in [0.4, 0.5) is 8.78 Å². The lowest BCUT2D eigenvalue weighted by atomic mass is 10.2. The predicted molar refractivity (Wildman–Crippen MR) is 109 cm³/mol. The van der Waals surface area contributed by atoms with Crippen molar-refractivity contribution in [3.63, 3.8) is 0 Å². The van der Waals surface area contributed by atoms with Crippen LogP contribution in [0.25, 0.3) is 0 Å². The van der Waals surface area contributed by atoms with Crippen molar-refractivity contribution in [1.29, 1.82) is 0 Å². The first-order valence-corrected chi connectivity index (χ1v) is 10.0. The Morgan fingerprint density at radius 1 is 1.16 bits per heavy atom. The molecule has 3 heterocycles. The smallest absolute Gasteiger partial charge is 0.274 e. The third kappa shape index (κ3) is 4.93. The number of aryl methyl sites for hydroxylation is 1. The van der Waals surface area contributed by atoms with Crippen molar-refractivity contribution in [1.82, 2.24) is 35.2 Å². The van der Waals surface area contributed by atoms with E-state index in [0.29, 0.717) is 12.2 Å². The number of carbonyl (C=O) groups excluding carboxylic acids is 2. The molecule has 32 heavy (non-hydrogen) atoms. The standard InChI is InChI=1S/C21H21F2N7O2/c1-14-8-25-17(10-24-14)20(32)30-13-21(22,23)7-16(30)11-29-12-18(27-28-29)19(31)26-9-15-5-3-2-4-6-15/h2-6,8,10,12,16H,7,9,11,13H2,1H3,(H,26,31).